The minimum Gasteiger partial charge on any atom is -0.357 e. The third kappa shape index (κ3) is 9.99. The molecule has 2 saturated heterocycles. The van der Waals surface area contributed by atoms with Gasteiger partial charge >= 0.3 is 0 Å². The van der Waals surface area contributed by atoms with E-state index in [-0.39, 0.29) is 24.0 Å². The Balaban J connectivity index is 0.00000385. The van der Waals surface area contributed by atoms with Gasteiger partial charge in [0.15, 0.2) is 5.96 Å². The van der Waals surface area contributed by atoms with Crippen LogP contribution in [0, 0.1) is 0 Å². The van der Waals surface area contributed by atoms with Gasteiger partial charge < -0.3 is 20.4 Å². The summed E-state index contributed by atoms with van der Waals surface area (Å²) in [6.07, 6.45) is 9.66. The SMILES string of the molecule is CCNC(=NCCCN1CCCCCC1=O)NCCCN1CCN(c2ncccn2)CC1.I. The molecular weight excluding hydrogens is 531 g/mol. The number of hydrogen-bond donors (Lipinski definition) is 2. The van der Waals surface area contributed by atoms with Crippen LogP contribution in [0.5, 0.6) is 0 Å². The van der Waals surface area contributed by atoms with Gasteiger partial charge in [0, 0.05) is 77.7 Å². The van der Waals surface area contributed by atoms with Gasteiger partial charge in [-0.15, -0.1) is 24.0 Å². The van der Waals surface area contributed by atoms with Crippen LogP contribution in [0.2, 0.25) is 0 Å². The van der Waals surface area contributed by atoms with E-state index in [2.05, 4.69) is 37.3 Å². The Morgan fingerprint density at radius 3 is 2.55 bits per heavy atom. The fourth-order valence-corrected chi connectivity index (χ4v) is 4.20. The summed E-state index contributed by atoms with van der Waals surface area (Å²) in [5, 5.41) is 6.78. The van der Waals surface area contributed by atoms with Crippen LogP contribution < -0.4 is 15.5 Å². The number of guanidine groups is 1. The molecule has 0 aliphatic carbocycles. The highest BCUT2D eigenvalue weighted by Gasteiger charge is 2.18. The molecule has 2 aliphatic heterocycles. The van der Waals surface area contributed by atoms with Crippen molar-refractivity contribution in [3.8, 4) is 0 Å². The zero-order valence-electron chi connectivity index (χ0n) is 20.0. The van der Waals surface area contributed by atoms with Crippen LogP contribution >= 0.6 is 24.0 Å². The molecular formula is C23H41IN8O. The first-order valence-corrected chi connectivity index (χ1v) is 12.3. The van der Waals surface area contributed by atoms with Crippen molar-refractivity contribution in [1.29, 1.82) is 0 Å². The Bertz CT molecular complexity index is 697. The van der Waals surface area contributed by atoms with Gasteiger partial charge in [0.25, 0.3) is 0 Å². The second kappa shape index (κ2) is 16.0. The Labute approximate surface area is 215 Å². The molecule has 0 aromatic carbocycles. The van der Waals surface area contributed by atoms with Crippen LogP contribution in [-0.2, 0) is 4.79 Å². The van der Waals surface area contributed by atoms with Crippen molar-refractivity contribution < 1.29 is 4.79 Å². The second-order valence-electron chi connectivity index (χ2n) is 8.46. The Morgan fingerprint density at radius 2 is 1.79 bits per heavy atom. The number of aliphatic imine (C=N–C) groups is 1. The van der Waals surface area contributed by atoms with E-state index in [0.717, 1.165) is 103 Å². The lowest BCUT2D eigenvalue weighted by molar-refractivity contribution is -0.130. The van der Waals surface area contributed by atoms with Gasteiger partial charge in [-0.3, -0.25) is 14.7 Å². The maximum Gasteiger partial charge on any atom is 0.225 e. The van der Waals surface area contributed by atoms with Crippen LogP contribution in [0.25, 0.3) is 0 Å². The summed E-state index contributed by atoms with van der Waals surface area (Å²) >= 11 is 0. The zero-order chi connectivity index (χ0) is 22.4. The van der Waals surface area contributed by atoms with Gasteiger partial charge in [-0.2, -0.15) is 0 Å². The molecule has 0 radical (unpaired) electrons. The lowest BCUT2D eigenvalue weighted by Gasteiger charge is -2.34. The number of anilines is 1. The van der Waals surface area contributed by atoms with Gasteiger partial charge in [0.2, 0.25) is 11.9 Å². The molecule has 2 N–H and O–H groups in total. The Morgan fingerprint density at radius 1 is 1.00 bits per heavy atom. The largest absolute Gasteiger partial charge is 0.357 e. The highest BCUT2D eigenvalue weighted by atomic mass is 127. The number of nitrogens with zero attached hydrogens (tertiary/aromatic N) is 6. The molecule has 2 fully saturated rings. The van der Waals surface area contributed by atoms with Gasteiger partial charge in [0.1, 0.15) is 0 Å². The van der Waals surface area contributed by atoms with E-state index in [9.17, 15) is 4.79 Å². The summed E-state index contributed by atoms with van der Waals surface area (Å²) in [4.78, 5) is 32.3. The average Bonchev–Trinajstić information content (AvgIpc) is 3.04. The molecule has 2 aliphatic rings. The normalized spacial score (nSPS) is 18.0. The standard InChI is InChI=1S/C23H40N8O.HI/c1-2-24-22(26-13-8-16-30-15-5-3-4-9-21(30)32)25-12-7-14-29-17-19-31(20-18-29)23-27-10-6-11-28-23;/h6,10-11H,2-5,7-9,12-20H2,1H3,(H2,24,25,26);1H. The minimum atomic E-state index is 0. The van der Waals surface area contributed by atoms with Gasteiger partial charge in [-0.1, -0.05) is 6.42 Å². The number of piperazine rings is 1. The summed E-state index contributed by atoms with van der Waals surface area (Å²) in [6, 6.07) is 1.86. The number of halogens is 1. The number of rotatable bonds is 10. The Kier molecular flexibility index (Phi) is 13.4. The van der Waals surface area contributed by atoms with E-state index in [1.165, 1.54) is 6.42 Å². The van der Waals surface area contributed by atoms with Crippen LogP contribution in [0.1, 0.15) is 45.4 Å². The molecule has 0 bridgehead atoms. The molecule has 3 heterocycles. The quantitative estimate of drug-likeness (QED) is 0.192. The van der Waals surface area contributed by atoms with Crippen molar-refractivity contribution in [3.63, 3.8) is 0 Å². The van der Waals surface area contributed by atoms with E-state index >= 15 is 0 Å². The van der Waals surface area contributed by atoms with E-state index in [1.54, 1.807) is 12.4 Å². The summed E-state index contributed by atoms with van der Waals surface area (Å²) < 4.78 is 0. The smallest absolute Gasteiger partial charge is 0.225 e. The molecule has 1 aromatic heterocycles. The number of aromatic nitrogens is 2. The number of hydrogen-bond acceptors (Lipinski definition) is 6. The van der Waals surface area contributed by atoms with Crippen LogP contribution in [0.15, 0.2) is 23.5 Å². The van der Waals surface area contributed by atoms with Crippen LogP contribution in [0.4, 0.5) is 5.95 Å². The van der Waals surface area contributed by atoms with Gasteiger partial charge in [0.05, 0.1) is 0 Å². The first-order valence-electron chi connectivity index (χ1n) is 12.3. The van der Waals surface area contributed by atoms with Crippen molar-refractivity contribution in [2.45, 2.75) is 45.4 Å². The molecule has 0 saturated carbocycles. The second-order valence-corrected chi connectivity index (χ2v) is 8.46. The molecule has 9 nitrogen and oxygen atoms in total. The summed E-state index contributed by atoms with van der Waals surface area (Å²) in [5.41, 5.74) is 0. The predicted molar refractivity (Wildman–Crippen MR) is 144 cm³/mol. The van der Waals surface area contributed by atoms with Crippen LogP contribution in [0.3, 0.4) is 0 Å². The monoisotopic (exact) mass is 572 g/mol. The van der Waals surface area contributed by atoms with Gasteiger partial charge in [-0.05, 0) is 45.2 Å². The lowest BCUT2D eigenvalue weighted by atomic mass is 10.2. The van der Waals surface area contributed by atoms with Crippen molar-refractivity contribution >= 4 is 41.8 Å². The third-order valence-electron chi connectivity index (χ3n) is 6.02. The zero-order valence-corrected chi connectivity index (χ0v) is 22.4. The predicted octanol–water partition coefficient (Wildman–Crippen LogP) is 1.95. The number of amides is 1. The first-order chi connectivity index (χ1) is 15.8. The Hall–Kier alpha value is -1.69. The van der Waals surface area contributed by atoms with E-state index in [4.69, 9.17) is 4.99 Å². The maximum absolute atomic E-state index is 12.1. The van der Waals surface area contributed by atoms with Crippen molar-refractivity contribution in [2.75, 3.05) is 70.3 Å². The first kappa shape index (κ1) is 27.6. The minimum absolute atomic E-state index is 0. The van der Waals surface area contributed by atoms with Crippen molar-refractivity contribution in [2.24, 2.45) is 4.99 Å². The third-order valence-corrected chi connectivity index (χ3v) is 6.02. The molecule has 1 aromatic rings. The van der Waals surface area contributed by atoms with Crippen molar-refractivity contribution in [3.05, 3.63) is 18.5 Å². The van der Waals surface area contributed by atoms with E-state index in [1.807, 2.05) is 11.0 Å². The molecule has 10 heteroatoms. The fraction of sp³-hybridized carbons (Fsp3) is 0.739. The molecule has 0 atom stereocenters. The number of carbonyl (C=O) groups is 1. The van der Waals surface area contributed by atoms with E-state index < -0.39 is 0 Å². The van der Waals surface area contributed by atoms with E-state index in [0.29, 0.717) is 12.3 Å². The average molecular weight is 573 g/mol. The molecule has 0 spiro atoms. The number of nitrogens with one attached hydrogen (secondary N) is 2. The van der Waals surface area contributed by atoms with Crippen molar-refractivity contribution in [1.82, 2.24) is 30.4 Å². The summed E-state index contributed by atoms with van der Waals surface area (Å²) in [7, 11) is 0. The number of likely N-dealkylation sites (tertiary alicyclic amines) is 1. The maximum atomic E-state index is 12.1. The molecule has 0 unspecified atom stereocenters. The lowest BCUT2D eigenvalue weighted by Crippen LogP contribution is -2.47. The fourth-order valence-electron chi connectivity index (χ4n) is 4.20. The highest BCUT2D eigenvalue weighted by Crippen LogP contribution is 2.11. The van der Waals surface area contributed by atoms with Crippen LogP contribution in [-0.4, -0.2) is 97.1 Å². The molecule has 186 valence electrons. The topological polar surface area (TPSA) is 89.0 Å². The molecule has 3 rings (SSSR count). The molecule has 1 amide bonds. The highest BCUT2D eigenvalue weighted by molar-refractivity contribution is 14.0. The summed E-state index contributed by atoms with van der Waals surface area (Å²) in [5.74, 6) is 2.02. The molecule has 33 heavy (non-hydrogen) atoms. The summed E-state index contributed by atoms with van der Waals surface area (Å²) in [6.45, 7) is 11.4. The number of carbonyl (C=O) groups excluding carboxylic acids is 1. The van der Waals surface area contributed by atoms with Gasteiger partial charge in [-0.25, -0.2) is 9.97 Å².